The van der Waals surface area contributed by atoms with Gasteiger partial charge in [0.1, 0.15) is 11.9 Å². The fourth-order valence-electron chi connectivity index (χ4n) is 12.6. The number of nitrogens with one attached hydrogen (secondary N) is 1. The fraction of sp³-hybridized carbons (Fsp3) is 0.510. The van der Waals surface area contributed by atoms with Crippen molar-refractivity contribution in [2.75, 3.05) is 37.6 Å². The van der Waals surface area contributed by atoms with Crippen LogP contribution in [0.25, 0.3) is 16.6 Å². The summed E-state index contributed by atoms with van der Waals surface area (Å²) in [7, 11) is 0. The van der Waals surface area contributed by atoms with E-state index in [1.807, 2.05) is 24.3 Å². The SMILES string of the molecule is O=C1CCC(N2C(=O)c3ccc(N4CCC5(CCC(CN6CCC(c7ccc8c(c7)-n7c(nc(=O)c9c(Br)cccc97)C87CCCCC7)CC6)CC5)CC4)cc3C2=O)C(=O)N1. The Kier molecular flexibility index (Phi) is 9.64. The topological polar surface area (TPSA) is 125 Å². The van der Waals surface area contributed by atoms with Gasteiger partial charge in [0.25, 0.3) is 17.4 Å². The molecule has 1 unspecified atom stereocenters. The maximum atomic E-state index is 13.5. The minimum atomic E-state index is -0.952. The number of aromatic nitrogens is 2. The van der Waals surface area contributed by atoms with Gasteiger partial charge >= 0.3 is 0 Å². The molecule has 12 heteroatoms. The highest BCUT2D eigenvalue weighted by Gasteiger charge is 2.48. The lowest BCUT2D eigenvalue weighted by molar-refractivity contribution is -0.136. The molecular weight excluding hydrogens is 832 g/mol. The molecule has 1 aromatic heterocycles. The Labute approximate surface area is 364 Å². The first-order chi connectivity index (χ1) is 29.6. The molecule has 3 aromatic carbocycles. The van der Waals surface area contributed by atoms with Gasteiger partial charge in [-0.05, 0) is 164 Å². The van der Waals surface area contributed by atoms with E-state index in [9.17, 15) is 24.0 Å². The van der Waals surface area contributed by atoms with Crippen LogP contribution in [0.5, 0.6) is 0 Å². The van der Waals surface area contributed by atoms with Crippen LogP contribution in [0.3, 0.4) is 0 Å². The van der Waals surface area contributed by atoms with Gasteiger partial charge in [-0.2, -0.15) is 4.98 Å². The third-order valence-electron chi connectivity index (χ3n) is 16.1. The number of hydrogen-bond donors (Lipinski definition) is 1. The summed E-state index contributed by atoms with van der Waals surface area (Å²) in [6.07, 6.45) is 15.6. The van der Waals surface area contributed by atoms with Gasteiger partial charge in [-0.1, -0.05) is 37.5 Å². The normalized spacial score (nSPS) is 24.1. The molecule has 2 saturated carbocycles. The van der Waals surface area contributed by atoms with Gasteiger partial charge in [0.15, 0.2) is 0 Å². The molecule has 4 aromatic rings. The fourth-order valence-corrected chi connectivity index (χ4v) is 13.2. The number of fused-ring (bicyclic) bond motifs is 8. The number of carbonyl (C=O) groups is 4. The van der Waals surface area contributed by atoms with Crippen molar-refractivity contribution in [1.29, 1.82) is 0 Å². The van der Waals surface area contributed by atoms with Crippen LogP contribution < -0.4 is 15.8 Å². The van der Waals surface area contributed by atoms with Crippen LogP contribution >= 0.6 is 15.9 Å². The summed E-state index contributed by atoms with van der Waals surface area (Å²) in [6, 6.07) is 17.9. The van der Waals surface area contributed by atoms with E-state index in [0.717, 1.165) is 110 Å². The van der Waals surface area contributed by atoms with Crippen LogP contribution in [0, 0.1) is 11.3 Å². The maximum Gasteiger partial charge on any atom is 0.281 e. The average Bonchev–Trinajstić information content (AvgIpc) is 3.67. The first kappa shape index (κ1) is 39.2. The molecule has 0 radical (unpaired) electrons. The van der Waals surface area contributed by atoms with E-state index in [2.05, 4.69) is 59.9 Å². The lowest BCUT2D eigenvalue weighted by Crippen LogP contribution is -2.54. The molecule has 1 N–H and O–H groups in total. The van der Waals surface area contributed by atoms with E-state index in [0.29, 0.717) is 27.8 Å². The van der Waals surface area contributed by atoms with Crippen LogP contribution in [0.1, 0.15) is 140 Å². The minimum absolute atomic E-state index is 0.110. The van der Waals surface area contributed by atoms with Gasteiger partial charge in [0, 0.05) is 36.2 Å². The van der Waals surface area contributed by atoms with E-state index in [-0.39, 0.29) is 29.7 Å². The molecule has 4 amide bonds. The summed E-state index contributed by atoms with van der Waals surface area (Å²) in [5, 5.41) is 2.94. The zero-order valence-electron chi connectivity index (χ0n) is 34.7. The van der Waals surface area contributed by atoms with Crippen molar-refractivity contribution >= 4 is 56.1 Å². The minimum Gasteiger partial charge on any atom is -0.371 e. The van der Waals surface area contributed by atoms with Crippen molar-refractivity contribution in [1.82, 2.24) is 24.7 Å². The number of benzene rings is 3. The van der Waals surface area contributed by atoms with Crippen LogP contribution in [0.4, 0.5) is 5.69 Å². The molecule has 2 spiro atoms. The van der Waals surface area contributed by atoms with Crippen molar-refractivity contribution in [3.8, 4) is 5.69 Å². The molecule has 6 heterocycles. The number of imide groups is 2. The quantitative estimate of drug-likeness (QED) is 0.202. The van der Waals surface area contributed by atoms with Crippen molar-refractivity contribution in [3.05, 3.63) is 97.5 Å². The number of carbonyl (C=O) groups excluding carboxylic acids is 4. The number of anilines is 1. The number of hydrogen-bond acceptors (Lipinski definition) is 8. The van der Waals surface area contributed by atoms with Gasteiger partial charge in [-0.3, -0.25) is 38.8 Å². The smallest absolute Gasteiger partial charge is 0.281 e. The summed E-state index contributed by atoms with van der Waals surface area (Å²) in [5.41, 5.74) is 6.64. The summed E-state index contributed by atoms with van der Waals surface area (Å²) >= 11 is 3.66. The van der Waals surface area contributed by atoms with Crippen LogP contribution in [-0.4, -0.2) is 81.7 Å². The average molecular weight is 886 g/mol. The molecule has 316 valence electrons. The first-order valence-corrected chi connectivity index (χ1v) is 23.6. The maximum absolute atomic E-state index is 13.5. The first-order valence-electron chi connectivity index (χ1n) is 22.8. The molecule has 5 fully saturated rings. The van der Waals surface area contributed by atoms with Gasteiger partial charge < -0.3 is 9.80 Å². The van der Waals surface area contributed by atoms with E-state index in [4.69, 9.17) is 4.98 Å². The summed E-state index contributed by atoms with van der Waals surface area (Å²) in [5.74, 6) is 0.334. The Morgan fingerprint density at radius 1 is 0.754 bits per heavy atom. The Hall–Kier alpha value is -4.68. The second-order valence-electron chi connectivity index (χ2n) is 19.3. The van der Waals surface area contributed by atoms with Crippen molar-refractivity contribution in [2.24, 2.45) is 11.3 Å². The molecular formula is C49H53BrN6O5. The lowest BCUT2D eigenvalue weighted by atomic mass is 9.65. The number of rotatable bonds is 5. The van der Waals surface area contributed by atoms with Gasteiger partial charge in [-0.25, -0.2) is 0 Å². The standard InChI is InChI=1S/C49H53BrN6O5/c50-37-5-4-6-38-42(37)44(59)52-47-49(17-2-1-3-18-49)36-10-7-32(27-40(36)55(38)47)31-15-23-53(24-16-31)29-30-13-19-48(20-14-30)21-25-54(26-22-48)33-8-9-34-35(28-33)46(61)56(45(34)60)39-11-12-41(57)51-43(39)58/h4-10,27-28,30-31,39H,1-3,11-26,29H2,(H,51,57,58). The number of piperidine rings is 3. The summed E-state index contributed by atoms with van der Waals surface area (Å²) < 4.78 is 3.14. The van der Waals surface area contributed by atoms with Crippen molar-refractivity contribution in [3.63, 3.8) is 0 Å². The van der Waals surface area contributed by atoms with Crippen LogP contribution in [-0.2, 0) is 15.0 Å². The number of nitrogens with zero attached hydrogens (tertiary/aromatic N) is 5. The van der Waals surface area contributed by atoms with Gasteiger partial charge in [0.2, 0.25) is 11.8 Å². The van der Waals surface area contributed by atoms with Crippen molar-refractivity contribution < 1.29 is 19.2 Å². The molecule has 2 aliphatic carbocycles. The molecule has 0 bridgehead atoms. The van der Waals surface area contributed by atoms with E-state index >= 15 is 0 Å². The number of halogens is 1. The molecule has 61 heavy (non-hydrogen) atoms. The largest absolute Gasteiger partial charge is 0.371 e. The molecule has 11 nitrogen and oxygen atoms in total. The third kappa shape index (κ3) is 6.44. The summed E-state index contributed by atoms with van der Waals surface area (Å²) in [6.45, 7) is 5.29. The number of likely N-dealkylation sites (tertiary alicyclic amines) is 1. The molecule has 5 aliphatic heterocycles. The molecule has 7 aliphatic rings. The molecule has 3 saturated heterocycles. The van der Waals surface area contributed by atoms with Crippen molar-refractivity contribution in [2.45, 2.75) is 114 Å². The zero-order valence-corrected chi connectivity index (χ0v) is 36.3. The predicted octanol–water partition coefficient (Wildman–Crippen LogP) is 7.77. The Bertz CT molecular complexity index is 2550. The van der Waals surface area contributed by atoms with Crippen LogP contribution in [0.15, 0.2) is 63.9 Å². The van der Waals surface area contributed by atoms with E-state index in [1.54, 1.807) is 6.07 Å². The monoisotopic (exact) mass is 884 g/mol. The van der Waals surface area contributed by atoms with Gasteiger partial charge in [0.05, 0.1) is 33.1 Å². The zero-order chi connectivity index (χ0) is 41.6. The highest BCUT2D eigenvalue weighted by Crippen LogP contribution is 2.53. The lowest BCUT2D eigenvalue weighted by Gasteiger charge is -2.47. The van der Waals surface area contributed by atoms with E-state index in [1.165, 1.54) is 55.5 Å². The second-order valence-corrected chi connectivity index (χ2v) is 20.2. The Balaban J connectivity index is 0.703. The highest BCUT2D eigenvalue weighted by molar-refractivity contribution is 9.10. The third-order valence-corrected chi connectivity index (χ3v) is 16.8. The molecule has 11 rings (SSSR count). The summed E-state index contributed by atoms with van der Waals surface area (Å²) in [4.78, 5) is 75.3. The molecule has 1 atom stereocenters. The predicted molar refractivity (Wildman–Crippen MR) is 236 cm³/mol. The Morgan fingerprint density at radius 2 is 1.51 bits per heavy atom. The highest BCUT2D eigenvalue weighted by atomic mass is 79.9. The number of amides is 4. The van der Waals surface area contributed by atoms with E-state index < -0.39 is 23.8 Å². The van der Waals surface area contributed by atoms with Crippen LogP contribution in [0.2, 0.25) is 0 Å². The Morgan fingerprint density at radius 3 is 2.26 bits per heavy atom. The second kappa shape index (κ2) is 15.0. The van der Waals surface area contributed by atoms with Gasteiger partial charge in [-0.15, -0.1) is 0 Å².